The van der Waals surface area contributed by atoms with Crippen molar-refractivity contribution in [3.8, 4) is 0 Å². The summed E-state index contributed by atoms with van der Waals surface area (Å²) in [5.41, 5.74) is 0. The molecule has 58 valence electrons. The molecule has 0 unspecified atom stereocenters. The Labute approximate surface area is 63.1 Å². The lowest BCUT2D eigenvalue weighted by atomic mass is 10.3. The van der Waals surface area contributed by atoms with Crippen molar-refractivity contribution in [3.63, 3.8) is 0 Å². The van der Waals surface area contributed by atoms with Gasteiger partial charge in [0.15, 0.2) is 0 Å². The normalized spacial score (nSPS) is 12.3. The Balaban J connectivity index is 0. The molecule has 0 aromatic rings. The molecule has 0 spiro atoms. The summed E-state index contributed by atoms with van der Waals surface area (Å²) in [6, 6.07) is 0.259. The predicted octanol–water partition coefficient (Wildman–Crippen LogP) is 0.789. The van der Waals surface area contributed by atoms with E-state index in [4.69, 9.17) is 5.11 Å². The summed E-state index contributed by atoms with van der Waals surface area (Å²) in [5.74, 6) is 0. The first-order chi connectivity index (χ1) is 3.81. The third kappa shape index (κ3) is 8.21. The van der Waals surface area contributed by atoms with Gasteiger partial charge in [-0.15, -0.1) is 12.4 Å². The van der Waals surface area contributed by atoms with Crippen LogP contribution in [0, 0.1) is 0 Å². The number of hydrogen-bond acceptors (Lipinski definition) is 2. The van der Waals surface area contributed by atoms with Gasteiger partial charge >= 0.3 is 0 Å². The zero-order valence-electron chi connectivity index (χ0n) is 6.05. The van der Waals surface area contributed by atoms with Gasteiger partial charge in [-0.1, -0.05) is 6.92 Å². The van der Waals surface area contributed by atoms with Gasteiger partial charge in [0.25, 0.3) is 0 Å². The first-order valence-corrected chi connectivity index (χ1v) is 3.15. The third-order valence-corrected chi connectivity index (χ3v) is 1.02. The predicted molar refractivity (Wildman–Crippen MR) is 42.1 cm³/mol. The molecule has 0 bridgehead atoms. The van der Waals surface area contributed by atoms with Gasteiger partial charge in [0.1, 0.15) is 0 Å². The fraction of sp³-hybridized carbons (Fsp3) is 1.00. The van der Waals surface area contributed by atoms with Crippen molar-refractivity contribution in [3.05, 3.63) is 0 Å². The van der Waals surface area contributed by atoms with Crippen LogP contribution >= 0.6 is 12.4 Å². The molecule has 0 aliphatic carbocycles. The summed E-state index contributed by atoms with van der Waals surface area (Å²) < 4.78 is 0. The Kier molecular flexibility index (Phi) is 10.9. The Hall–Kier alpha value is 0.210. The van der Waals surface area contributed by atoms with Gasteiger partial charge in [0.05, 0.1) is 6.61 Å². The van der Waals surface area contributed by atoms with Crippen LogP contribution in [0.5, 0.6) is 0 Å². The molecule has 0 fully saturated rings. The Morgan fingerprint density at radius 2 is 2.11 bits per heavy atom. The van der Waals surface area contributed by atoms with Crippen molar-refractivity contribution < 1.29 is 5.11 Å². The lowest BCUT2D eigenvalue weighted by Crippen LogP contribution is -2.29. The number of aliphatic hydroxyl groups is 1. The summed E-state index contributed by atoms with van der Waals surface area (Å²) in [5, 5.41) is 11.6. The van der Waals surface area contributed by atoms with Crippen LogP contribution in [0.1, 0.15) is 20.3 Å². The van der Waals surface area contributed by atoms with Crippen molar-refractivity contribution in [2.24, 2.45) is 0 Å². The van der Waals surface area contributed by atoms with Crippen molar-refractivity contribution in [1.82, 2.24) is 5.32 Å². The molecule has 0 radical (unpaired) electrons. The highest BCUT2D eigenvalue weighted by Gasteiger charge is 1.93. The van der Waals surface area contributed by atoms with E-state index in [1.165, 1.54) is 0 Å². The Bertz CT molecular complexity index is 52.3. The van der Waals surface area contributed by atoms with E-state index in [2.05, 4.69) is 12.2 Å². The van der Waals surface area contributed by atoms with Crippen molar-refractivity contribution >= 4 is 12.4 Å². The first kappa shape index (κ1) is 11.9. The molecular weight excluding hydrogens is 138 g/mol. The highest BCUT2D eigenvalue weighted by molar-refractivity contribution is 5.85. The number of nitrogens with one attached hydrogen (secondary N) is 1. The fourth-order valence-electron chi connectivity index (χ4n) is 0.455. The van der Waals surface area contributed by atoms with Gasteiger partial charge in [-0.25, -0.2) is 0 Å². The smallest absolute Gasteiger partial charge is 0.0581 e. The molecular formula is C6H16ClNO. The molecule has 0 amide bonds. The summed E-state index contributed by atoms with van der Waals surface area (Å²) in [4.78, 5) is 0. The molecule has 1 atom stereocenters. The van der Waals surface area contributed by atoms with Gasteiger partial charge in [-0.05, 0) is 19.9 Å². The fourth-order valence-corrected chi connectivity index (χ4v) is 0.455. The third-order valence-electron chi connectivity index (χ3n) is 1.02. The molecule has 0 rings (SSSR count). The van der Waals surface area contributed by atoms with Crippen LogP contribution in [0.4, 0.5) is 0 Å². The van der Waals surface area contributed by atoms with Crippen molar-refractivity contribution in [2.75, 3.05) is 13.2 Å². The first-order valence-electron chi connectivity index (χ1n) is 3.15. The minimum Gasteiger partial charge on any atom is -0.395 e. The topological polar surface area (TPSA) is 32.3 Å². The van der Waals surface area contributed by atoms with E-state index >= 15 is 0 Å². The average molecular weight is 154 g/mol. The molecule has 2 nitrogen and oxygen atoms in total. The van der Waals surface area contributed by atoms with Crippen molar-refractivity contribution in [2.45, 2.75) is 26.3 Å². The summed E-state index contributed by atoms with van der Waals surface area (Å²) in [6.45, 7) is 5.31. The Morgan fingerprint density at radius 3 is 2.44 bits per heavy atom. The van der Waals surface area contributed by atoms with Crippen LogP contribution in [0.15, 0.2) is 0 Å². The number of hydrogen-bond donors (Lipinski definition) is 2. The maximum atomic E-state index is 8.50. The van der Waals surface area contributed by atoms with E-state index in [1.54, 1.807) is 0 Å². The summed E-state index contributed by atoms with van der Waals surface area (Å²) in [6.07, 6.45) is 1.13. The number of rotatable bonds is 4. The summed E-state index contributed by atoms with van der Waals surface area (Å²) in [7, 11) is 0. The molecule has 0 aliphatic rings. The van der Waals surface area contributed by atoms with E-state index < -0.39 is 0 Å². The molecule has 0 aromatic carbocycles. The lowest BCUT2D eigenvalue weighted by molar-refractivity contribution is 0.252. The van der Waals surface area contributed by atoms with Gasteiger partial charge in [0.2, 0.25) is 0 Å². The Morgan fingerprint density at radius 1 is 1.56 bits per heavy atom. The van der Waals surface area contributed by atoms with E-state index in [0.29, 0.717) is 0 Å². The van der Waals surface area contributed by atoms with E-state index in [0.717, 1.165) is 13.0 Å². The van der Waals surface area contributed by atoms with Gasteiger partial charge < -0.3 is 10.4 Å². The minimum absolute atomic E-state index is 0. The van der Waals surface area contributed by atoms with Crippen LogP contribution in [-0.2, 0) is 0 Å². The second-order valence-corrected chi connectivity index (χ2v) is 2.04. The molecule has 2 N–H and O–H groups in total. The van der Waals surface area contributed by atoms with Gasteiger partial charge in [-0.2, -0.15) is 0 Å². The molecule has 0 heterocycles. The maximum Gasteiger partial charge on any atom is 0.0581 e. The SMILES string of the molecule is CCCN[C@@H](C)CO.Cl. The molecule has 0 aliphatic heterocycles. The van der Waals surface area contributed by atoms with E-state index in [1.807, 2.05) is 6.92 Å². The average Bonchev–Trinajstić information content (AvgIpc) is 1.83. The van der Waals surface area contributed by atoms with Crippen LogP contribution in [0.25, 0.3) is 0 Å². The largest absolute Gasteiger partial charge is 0.395 e. The van der Waals surface area contributed by atoms with Crippen LogP contribution < -0.4 is 5.32 Å². The zero-order chi connectivity index (χ0) is 6.41. The summed E-state index contributed by atoms with van der Waals surface area (Å²) >= 11 is 0. The van der Waals surface area contributed by atoms with Crippen LogP contribution in [0.3, 0.4) is 0 Å². The van der Waals surface area contributed by atoms with Gasteiger partial charge in [0, 0.05) is 6.04 Å². The molecule has 9 heavy (non-hydrogen) atoms. The number of halogens is 1. The molecule has 3 heteroatoms. The monoisotopic (exact) mass is 153 g/mol. The van der Waals surface area contributed by atoms with E-state index in [-0.39, 0.29) is 25.1 Å². The van der Waals surface area contributed by atoms with Gasteiger partial charge in [-0.3, -0.25) is 0 Å². The van der Waals surface area contributed by atoms with Crippen LogP contribution in [-0.4, -0.2) is 24.3 Å². The molecule has 0 saturated heterocycles. The highest BCUT2D eigenvalue weighted by Crippen LogP contribution is 1.77. The standard InChI is InChI=1S/C6H15NO.ClH/c1-3-4-7-6(2)5-8;/h6-8H,3-5H2,1-2H3;1H/t6-;/m0./s1. The lowest BCUT2D eigenvalue weighted by Gasteiger charge is -2.07. The highest BCUT2D eigenvalue weighted by atomic mass is 35.5. The molecule has 0 saturated carbocycles. The van der Waals surface area contributed by atoms with Crippen molar-refractivity contribution in [1.29, 1.82) is 0 Å². The second-order valence-electron chi connectivity index (χ2n) is 2.04. The quantitative estimate of drug-likeness (QED) is 0.626. The minimum atomic E-state index is 0. The van der Waals surface area contributed by atoms with Crippen LogP contribution in [0.2, 0.25) is 0 Å². The zero-order valence-corrected chi connectivity index (χ0v) is 6.87. The maximum absolute atomic E-state index is 8.50. The second kappa shape index (κ2) is 8.21. The number of aliphatic hydroxyl groups excluding tert-OH is 1. The molecule has 0 aromatic heterocycles. The van der Waals surface area contributed by atoms with E-state index in [9.17, 15) is 0 Å².